The van der Waals surface area contributed by atoms with Crippen molar-refractivity contribution in [1.82, 2.24) is 19.4 Å². The Morgan fingerprint density at radius 2 is 1.89 bits per heavy atom. The number of nitriles is 2. The molecule has 0 unspecified atom stereocenters. The molecule has 0 atom stereocenters. The number of carbonyl (C=O) groups excluding carboxylic acids is 1. The lowest BCUT2D eigenvalue weighted by Gasteiger charge is -2.34. The summed E-state index contributed by atoms with van der Waals surface area (Å²) >= 11 is 3.46. The average molecular weight is 565 g/mol. The van der Waals surface area contributed by atoms with Gasteiger partial charge in [-0.15, -0.1) is 0 Å². The van der Waals surface area contributed by atoms with E-state index < -0.39 is 0 Å². The van der Waals surface area contributed by atoms with Crippen LogP contribution >= 0.6 is 15.9 Å². The molecule has 0 bridgehead atoms. The first kappa shape index (κ1) is 25.3. The lowest BCUT2D eigenvalue weighted by atomic mass is 9.91. The minimum absolute atomic E-state index is 0.110. The summed E-state index contributed by atoms with van der Waals surface area (Å²) in [7, 11) is 1.91. The van der Waals surface area contributed by atoms with Crippen molar-refractivity contribution in [1.29, 1.82) is 10.5 Å². The molecule has 188 valence electrons. The highest BCUT2D eigenvalue weighted by Gasteiger charge is 2.28. The highest BCUT2D eigenvalue weighted by atomic mass is 79.9. The molecule has 5 rings (SSSR count). The quantitative estimate of drug-likeness (QED) is 0.296. The van der Waals surface area contributed by atoms with Gasteiger partial charge in [-0.2, -0.15) is 10.5 Å². The van der Waals surface area contributed by atoms with E-state index in [-0.39, 0.29) is 6.03 Å². The van der Waals surface area contributed by atoms with E-state index in [1.807, 2.05) is 52.9 Å². The molecule has 0 saturated heterocycles. The van der Waals surface area contributed by atoms with Crippen LogP contribution in [0.5, 0.6) is 0 Å². The van der Waals surface area contributed by atoms with Gasteiger partial charge in [0.25, 0.3) is 0 Å². The Morgan fingerprint density at radius 3 is 2.63 bits per heavy atom. The molecule has 0 radical (unpaired) electrons. The number of urea groups is 1. The number of imidazole rings is 1. The molecule has 0 fully saturated rings. The zero-order valence-corrected chi connectivity index (χ0v) is 22.5. The average Bonchev–Trinajstić information content (AvgIpc) is 3.35. The lowest BCUT2D eigenvalue weighted by Crippen LogP contribution is -2.45. The fourth-order valence-corrected chi connectivity index (χ4v) is 5.39. The zero-order valence-electron chi connectivity index (χ0n) is 20.9. The van der Waals surface area contributed by atoms with Gasteiger partial charge in [-0.05, 0) is 55.5 Å². The SMILES string of the molecule is Cn1cncc1CN(Cc1ccc(C#N)c(Br)c1)C(=O)N1CCC(C#N)=C(c2cccc3ccccc23)C1. The number of benzene rings is 3. The molecule has 2 amide bonds. The van der Waals surface area contributed by atoms with Crippen molar-refractivity contribution in [2.45, 2.75) is 19.5 Å². The number of halogens is 1. The van der Waals surface area contributed by atoms with Gasteiger partial charge in [0, 0.05) is 49.3 Å². The highest BCUT2D eigenvalue weighted by molar-refractivity contribution is 9.10. The van der Waals surface area contributed by atoms with Crippen molar-refractivity contribution in [2.24, 2.45) is 7.05 Å². The summed E-state index contributed by atoms with van der Waals surface area (Å²) in [6.07, 6.45) is 3.99. The third kappa shape index (κ3) is 5.04. The van der Waals surface area contributed by atoms with Crippen molar-refractivity contribution >= 4 is 38.3 Å². The largest absolute Gasteiger partial charge is 0.336 e. The summed E-state index contributed by atoms with van der Waals surface area (Å²) in [6.45, 7) is 1.56. The lowest BCUT2D eigenvalue weighted by molar-refractivity contribution is 0.150. The maximum atomic E-state index is 14.0. The van der Waals surface area contributed by atoms with E-state index in [1.54, 1.807) is 23.5 Å². The first-order chi connectivity index (χ1) is 18.5. The number of amides is 2. The van der Waals surface area contributed by atoms with Crippen molar-refractivity contribution in [3.05, 3.63) is 106 Å². The summed E-state index contributed by atoms with van der Waals surface area (Å²) in [4.78, 5) is 21.9. The molecule has 0 spiro atoms. The predicted molar refractivity (Wildman–Crippen MR) is 149 cm³/mol. The first-order valence-electron chi connectivity index (χ1n) is 12.3. The molecule has 3 aromatic carbocycles. The molecular formula is C30H25BrN6O. The molecule has 1 aliphatic rings. The molecule has 0 aliphatic carbocycles. The van der Waals surface area contributed by atoms with Crippen molar-refractivity contribution in [3.63, 3.8) is 0 Å². The number of rotatable bonds is 5. The fraction of sp³-hybridized carbons (Fsp3) is 0.200. The van der Waals surface area contributed by atoms with E-state index >= 15 is 0 Å². The Morgan fingerprint density at radius 1 is 1.08 bits per heavy atom. The second kappa shape index (κ2) is 10.9. The fourth-order valence-electron chi connectivity index (χ4n) is 4.88. The van der Waals surface area contributed by atoms with E-state index in [9.17, 15) is 15.3 Å². The summed E-state index contributed by atoms with van der Waals surface area (Å²) in [5.41, 5.74) is 4.97. The van der Waals surface area contributed by atoms with Gasteiger partial charge in [-0.1, -0.05) is 48.5 Å². The molecule has 7 nitrogen and oxygen atoms in total. The number of hydrogen-bond donors (Lipinski definition) is 0. The summed E-state index contributed by atoms with van der Waals surface area (Å²) in [6, 6.07) is 24.2. The van der Waals surface area contributed by atoms with Crippen LogP contribution in [0.4, 0.5) is 4.79 Å². The number of aromatic nitrogens is 2. The van der Waals surface area contributed by atoms with Crippen LogP contribution in [0, 0.1) is 22.7 Å². The van der Waals surface area contributed by atoms with Gasteiger partial charge in [-0.3, -0.25) is 0 Å². The Hall–Kier alpha value is -4.40. The molecule has 1 aromatic heterocycles. The minimum atomic E-state index is -0.110. The van der Waals surface area contributed by atoms with Gasteiger partial charge >= 0.3 is 6.03 Å². The van der Waals surface area contributed by atoms with E-state index in [0.29, 0.717) is 42.6 Å². The molecular weight excluding hydrogens is 540 g/mol. The number of fused-ring (bicyclic) bond motifs is 1. The Balaban J connectivity index is 1.47. The standard InChI is InChI=1S/C30H25BrN6O/c1-35-20-34-16-25(35)18-37(17-21-9-10-24(15-33)29(31)13-21)30(38)36-12-11-23(14-32)28(19-36)27-8-4-6-22-5-2-3-7-26(22)27/h2-10,13,16,20H,11-12,17-19H2,1H3. The van der Waals surface area contributed by atoms with E-state index in [0.717, 1.165) is 38.7 Å². The topological polar surface area (TPSA) is 88.9 Å². The molecule has 38 heavy (non-hydrogen) atoms. The van der Waals surface area contributed by atoms with Crippen LogP contribution in [0.2, 0.25) is 0 Å². The van der Waals surface area contributed by atoms with Crippen LogP contribution in [0.15, 0.2) is 83.2 Å². The summed E-state index contributed by atoms with van der Waals surface area (Å²) in [5, 5.41) is 21.4. The highest BCUT2D eigenvalue weighted by Crippen LogP contribution is 2.32. The van der Waals surface area contributed by atoms with E-state index in [4.69, 9.17) is 0 Å². The van der Waals surface area contributed by atoms with Crippen LogP contribution < -0.4 is 0 Å². The molecule has 0 saturated carbocycles. The molecule has 4 aromatic rings. The maximum absolute atomic E-state index is 14.0. The summed E-state index contributed by atoms with van der Waals surface area (Å²) in [5.74, 6) is 0. The Bertz CT molecular complexity index is 1640. The number of nitrogens with zero attached hydrogens (tertiary/aromatic N) is 6. The second-order valence-electron chi connectivity index (χ2n) is 9.33. The molecule has 1 aliphatic heterocycles. The minimum Gasteiger partial charge on any atom is -0.336 e. The number of aryl methyl sites for hydroxylation is 1. The van der Waals surface area contributed by atoms with Crippen LogP contribution in [0.3, 0.4) is 0 Å². The molecule has 0 N–H and O–H groups in total. The Labute approximate surface area is 230 Å². The van der Waals surface area contributed by atoms with Crippen molar-refractivity contribution in [3.8, 4) is 12.1 Å². The zero-order chi connectivity index (χ0) is 26.6. The van der Waals surface area contributed by atoms with Crippen LogP contribution in [0.25, 0.3) is 16.3 Å². The van der Waals surface area contributed by atoms with Gasteiger partial charge in [0.15, 0.2) is 0 Å². The van der Waals surface area contributed by atoms with Crippen LogP contribution in [-0.4, -0.2) is 38.5 Å². The van der Waals surface area contributed by atoms with Crippen LogP contribution in [0.1, 0.15) is 28.8 Å². The van der Waals surface area contributed by atoms with Crippen molar-refractivity contribution < 1.29 is 4.79 Å². The van der Waals surface area contributed by atoms with E-state index in [2.05, 4.69) is 51.3 Å². The number of carbonyl (C=O) groups is 1. The summed E-state index contributed by atoms with van der Waals surface area (Å²) < 4.78 is 2.60. The third-order valence-corrected chi connectivity index (χ3v) is 7.59. The van der Waals surface area contributed by atoms with Gasteiger partial charge in [-0.25, -0.2) is 9.78 Å². The van der Waals surface area contributed by atoms with Crippen LogP contribution in [-0.2, 0) is 20.1 Å². The van der Waals surface area contributed by atoms with Gasteiger partial charge < -0.3 is 14.4 Å². The van der Waals surface area contributed by atoms with Gasteiger partial charge in [0.05, 0.1) is 30.2 Å². The molecule has 8 heteroatoms. The first-order valence-corrected chi connectivity index (χ1v) is 13.1. The Kier molecular flexibility index (Phi) is 7.26. The smallest absolute Gasteiger partial charge is 0.320 e. The third-order valence-electron chi connectivity index (χ3n) is 6.93. The van der Waals surface area contributed by atoms with Gasteiger partial charge in [0.1, 0.15) is 6.07 Å². The van der Waals surface area contributed by atoms with E-state index in [1.165, 1.54) is 0 Å². The van der Waals surface area contributed by atoms with Gasteiger partial charge in [0.2, 0.25) is 0 Å². The number of hydrogen-bond acceptors (Lipinski definition) is 4. The second-order valence-corrected chi connectivity index (χ2v) is 10.2. The van der Waals surface area contributed by atoms with Crippen molar-refractivity contribution in [2.75, 3.05) is 13.1 Å². The maximum Gasteiger partial charge on any atom is 0.320 e. The molecule has 2 heterocycles. The predicted octanol–water partition coefficient (Wildman–Crippen LogP) is 6.01. The normalized spacial score (nSPS) is 13.3. The monoisotopic (exact) mass is 564 g/mol.